The molecule has 0 unspecified atom stereocenters. The number of nitrogens with one attached hydrogen (secondary N) is 1. The second kappa shape index (κ2) is 9.43. The Kier molecular flexibility index (Phi) is 7.49. The van der Waals surface area contributed by atoms with Gasteiger partial charge in [0.15, 0.2) is 0 Å². The van der Waals surface area contributed by atoms with Crippen LogP contribution in [0.25, 0.3) is 0 Å². The average Bonchev–Trinajstić information content (AvgIpc) is 2.62. The fourth-order valence-electron chi connectivity index (χ4n) is 2.94. The first-order chi connectivity index (χ1) is 13.1. The number of aryl methyl sites for hydroxylation is 2. The third kappa shape index (κ3) is 5.49. The number of carbonyl (C=O) groups excluding carboxylic acids is 1. The van der Waals surface area contributed by atoms with E-state index in [1.54, 1.807) is 49.4 Å². The predicted molar refractivity (Wildman–Crippen MR) is 114 cm³/mol. The first-order valence-corrected chi connectivity index (χ1v) is 11.1. The summed E-state index contributed by atoms with van der Waals surface area (Å²) in [7, 11) is -3.94. The fourth-order valence-corrected chi connectivity index (χ4v) is 4.59. The van der Waals surface area contributed by atoms with Crippen molar-refractivity contribution in [2.75, 3.05) is 10.8 Å². The summed E-state index contributed by atoms with van der Waals surface area (Å²) in [6.07, 6.45) is 1.76. The molecule has 1 N–H and O–H groups in total. The molecule has 0 aromatic heterocycles. The number of hydrogen-bond acceptors (Lipinski definition) is 3. The lowest BCUT2D eigenvalue weighted by Crippen LogP contribution is -2.43. The van der Waals surface area contributed by atoms with E-state index in [9.17, 15) is 13.2 Å². The van der Waals surface area contributed by atoms with E-state index < -0.39 is 10.0 Å². The molecule has 0 fully saturated rings. The Morgan fingerprint density at radius 3 is 2.39 bits per heavy atom. The van der Waals surface area contributed by atoms with E-state index in [1.165, 1.54) is 0 Å². The number of sulfonamides is 1. The van der Waals surface area contributed by atoms with Crippen molar-refractivity contribution >= 4 is 33.2 Å². The Morgan fingerprint density at radius 1 is 1.14 bits per heavy atom. The lowest BCUT2D eigenvalue weighted by molar-refractivity contribution is -0.120. The zero-order valence-corrected chi connectivity index (χ0v) is 18.3. The summed E-state index contributed by atoms with van der Waals surface area (Å²) in [4.78, 5) is 12.7. The van der Waals surface area contributed by atoms with Gasteiger partial charge in [0, 0.05) is 11.1 Å². The second-order valence-corrected chi connectivity index (χ2v) is 9.31. The van der Waals surface area contributed by atoms with E-state index >= 15 is 0 Å². The molecule has 0 spiro atoms. The zero-order chi connectivity index (χ0) is 20.9. The molecule has 0 aliphatic heterocycles. The van der Waals surface area contributed by atoms with Gasteiger partial charge in [-0.15, -0.1) is 0 Å². The second-order valence-electron chi connectivity index (χ2n) is 7.01. The Bertz CT molecular complexity index is 927. The maximum absolute atomic E-state index is 13.4. The van der Waals surface area contributed by atoms with E-state index in [2.05, 4.69) is 5.32 Å². The molecule has 0 aliphatic rings. The van der Waals surface area contributed by atoms with Crippen LogP contribution in [0.15, 0.2) is 47.4 Å². The molecule has 0 bridgehead atoms. The van der Waals surface area contributed by atoms with E-state index in [0.717, 1.165) is 28.3 Å². The summed E-state index contributed by atoms with van der Waals surface area (Å²) in [6, 6.07) is 11.6. The van der Waals surface area contributed by atoms with Crippen molar-refractivity contribution in [2.24, 2.45) is 0 Å². The normalized spacial score (nSPS) is 12.5. The van der Waals surface area contributed by atoms with Crippen LogP contribution in [0.2, 0.25) is 5.02 Å². The highest BCUT2D eigenvalue weighted by molar-refractivity contribution is 7.92. The lowest BCUT2D eigenvalue weighted by atomic mass is 10.2. The van der Waals surface area contributed by atoms with Crippen molar-refractivity contribution < 1.29 is 13.2 Å². The highest BCUT2D eigenvalue weighted by atomic mass is 35.5. The monoisotopic (exact) mass is 422 g/mol. The van der Waals surface area contributed by atoms with Crippen molar-refractivity contribution in [3.05, 3.63) is 58.6 Å². The van der Waals surface area contributed by atoms with Crippen LogP contribution in [0.1, 0.15) is 37.8 Å². The van der Waals surface area contributed by atoms with Gasteiger partial charge in [0.1, 0.15) is 6.54 Å². The van der Waals surface area contributed by atoms with Gasteiger partial charge in [-0.05, 0) is 57.0 Å². The predicted octanol–water partition coefficient (Wildman–Crippen LogP) is 4.46. The van der Waals surface area contributed by atoms with Crippen molar-refractivity contribution in [3.63, 3.8) is 0 Å². The quantitative estimate of drug-likeness (QED) is 0.683. The number of rotatable bonds is 8. The Hall–Kier alpha value is -2.05. The third-order valence-corrected chi connectivity index (χ3v) is 6.47. The van der Waals surface area contributed by atoms with Crippen molar-refractivity contribution in [1.82, 2.24) is 5.32 Å². The van der Waals surface area contributed by atoms with Gasteiger partial charge in [-0.2, -0.15) is 0 Å². The highest BCUT2D eigenvalue weighted by Gasteiger charge is 2.28. The number of benzene rings is 2. The lowest BCUT2D eigenvalue weighted by Gasteiger charge is -2.26. The first kappa shape index (κ1) is 22.2. The number of nitrogens with zero attached hydrogens (tertiary/aromatic N) is 1. The minimum absolute atomic E-state index is 0.0260. The number of carbonyl (C=O) groups is 1. The smallest absolute Gasteiger partial charge is 0.264 e. The SMILES string of the molecule is CCC[C@H](C)NC(=O)CN(c1cc(Cl)ccc1C)S(=O)(=O)c1ccc(C)cc1. The highest BCUT2D eigenvalue weighted by Crippen LogP contribution is 2.29. The van der Waals surface area contributed by atoms with E-state index in [0.29, 0.717) is 10.7 Å². The first-order valence-electron chi connectivity index (χ1n) is 9.30. The van der Waals surface area contributed by atoms with Gasteiger partial charge in [-0.3, -0.25) is 9.10 Å². The van der Waals surface area contributed by atoms with Crippen LogP contribution in [0, 0.1) is 13.8 Å². The molecule has 5 nitrogen and oxygen atoms in total. The van der Waals surface area contributed by atoms with Crippen LogP contribution >= 0.6 is 11.6 Å². The summed E-state index contributed by atoms with van der Waals surface area (Å²) in [5, 5.41) is 3.28. The van der Waals surface area contributed by atoms with Crippen LogP contribution in [-0.2, 0) is 14.8 Å². The van der Waals surface area contributed by atoms with Gasteiger partial charge in [0.05, 0.1) is 10.6 Å². The molecule has 0 radical (unpaired) electrons. The maximum atomic E-state index is 13.4. The molecule has 28 heavy (non-hydrogen) atoms. The van der Waals surface area contributed by atoms with Crippen LogP contribution in [0.3, 0.4) is 0 Å². The molecular weight excluding hydrogens is 396 g/mol. The molecule has 1 atom stereocenters. The van der Waals surface area contributed by atoms with Gasteiger partial charge in [-0.1, -0.05) is 48.7 Å². The summed E-state index contributed by atoms with van der Waals surface area (Å²) >= 11 is 6.12. The van der Waals surface area contributed by atoms with Gasteiger partial charge in [-0.25, -0.2) is 8.42 Å². The summed E-state index contributed by atoms with van der Waals surface area (Å²) in [5.41, 5.74) is 2.07. The summed E-state index contributed by atoms with van der Waals surface area (Å²) in [6.45, 7) is 7.31. The third-order valence-electron chi connectivity index (χ3n) is 4.47. The van der Waals surface area contributed by atoms with Crippen LogP contribution in [0.4, 0.5) is 5.69 Å². The molecule has 0 saturated heterocycles. The van der Waals surface area contributed by atoms with Crippen molar-refractivity contribution in [2.45, 2.75) is 51.5 Å². The number of halogens is 1. The minimum atomic E-state index is -3.94. The summed E-state index contributed by atoms with van der Waals surface area (Å²) in [5.74, 6) is -0.351. The van der Waals surface area contributed by atoms with Crippen molar-refractivity contribution in [1.29, 1.82) is 0 Å². The Balaban J connectivity index is 2.45. The molecule has 2 aromatic carbocycles. The number of hydrogen-bond donors (Lipinski definition) is 1. The Labute approximate surface area is 172 Å². The van der Waals surface area contributed by atoms with E-state index in [-0.39, 0.29) is 23.4 Å². The standard InChI is InChI=1S/C21H27ClN2O3S/c1-5-6-17(4)23-21(25)14-24(20-13-18(22)10-9-16(20)3)28(26,27)19-11-7-15(2)8-12-19/h7-13,17H,5-6,14H2,1-4H3,(H,23,25)/t17-/m0/s1. The van der Waals surface area contributed by atoms with Crippen LogP contribution in [0.5, 0.6) is 0 Å². The summed E-state index contributed by atoms with van der Waals surface area (Å²) < 4.78 is 27.8. The molecule has 152 valence electrons. The topological polar surface area (TPSA) is 66.5 Å². The van der Waals surface area contributed by atoms with Crippen LogP contribution in [-0.4, -0.2) is 26.9 Å². The van der Waals surface area contributed by atoms with Crippen LogP contribution < -0.4 is 9.62 Å². The van der Waals surface area contributed by atoms with E-state index in [4.69, 9.17) is 11.6 Å². The molecular formula is C21H27ClN2O3S. The van der Waals surface area contributed by atoms with Gasteiger partial charge >= 0.3 is 0 Å². The van der Waals surface area contributed by atoms with E-state index in [1.807, 2.05) is 20.8 Å². The van der Waals surface area contributed by atoms with Gasteiger partial charge in [0.2, 0.25) is 5.91 Å². The molecule has 1 amide bonds. The average molecular weight is 423 g/mol. The molecule has 2 rings (SSSR count). The molecule has 7 heteroatoms. The molecule has 0 heterocycles. The Morgan fingerprint density at radius 2 is 1.79 bits per heavy atom. The van der Waals surface area contributed by atoms with Gasteiger partial charge in [0.25, 0.3) is 10.0 Å². The number of anilines is 1. The van der Waals surface area contributed by atoms with Gasteiger partial charge < -0.3 is 5.32 Å². The molecule has 2 aromatic rings. The van der Waals surface area contributed by atoms with Crippen molar-refractivity contribution in [3.8, 4) is 0 Å². The fraction of sp³-hybridized carbons (Fsp3) is 0.381. The largest absolute Gasteiger partial charge is 0.352 e. The maximum Gasteiger partial charge on any atom is 0.264 e. The molecule has 0 saturated carbocycles. The minimum Gasteiger partial charge on any atom is -0.352 e. The molecule has 0 aliphatic carbocycles. The number of amides is 1. The zero-order valence-electron chi connectivity index (χ0n) is 16.7.